The Bertz CT molecular complexity index is 468. The molecule has 1 heterocycles. The van der Waals surface area contributed by atoms with Gasteiger partial charge in [-0.2, -0.15) is 0 Å². The molecule has 0 aliphatic carbocycles. The fourth-order valence-corrected chi connectivity index (χ4v) is 1.22. The lowest BCUT2D eigenvalue weighted by Crippen LogP contribution is -2.03. The van der Waals surface area contributed by atoms with E-state index in [0.717, 1.165) is 5.39 Å². The van der Waals surface area contributed by atoms with Crippen molar-refractivity contribution < 1.29 is 5.11 Å². The van der Waals surface area contributed by atoms with Gasteiger partial charge in [0.1, 0.15) is 5.75 Å². The normalized spacial score (nSPS) is 10.3. The van der Waals surface area contributed by atoms with Crippen molar-refractivity contribution in [3.8, 4) is 5.75 Å². The molecule has 0 spiro atoms. The zero-order valence-corrected chi connectivity index (χ0v) is 6.24. The molecule has 2 rings (SSSR count). The largest absolute Gasteiger partial charge is 0.507 e. The monoisotopic (exact) mass is 161 g/mol. The summed E-state index contributed by atoms with van der Waals surface area (Å²) in [5.74, 6) is 0.0225. The highest BCUT2D eigenvalue weighted by atomic mass is 16.3. The van der Waals surface area contributed by atoms with Crippen LogP contribution < -0.4 is 5.56 Å². The molecule has 0 saturated heterocycles. The van der Waals surface area contributed by atoms with Gasteiger partial charge >= 0.3 is 0 Å². The fourth-order valence-electron chi connectivity index (χ4n) is 1.22. The van der Waals surface area contributed by atoms with Crippen molar-refractivity contribution in [3.05, 3.63) is 40.8 Å². The molecular weight excluding hydrogens is 154 g/mol. The minimum atomic E-state index is -0.259. The van der Waals surface area contributed by atoms with Crippen LogP contribution in [0.5, 0.6) is 5.75 Å². The molecule has 1 aromatic heterocycles. The van der Waals surface area contributed by atoms with Crippen LogP contribution in [-0.4, -0.2) is 10.1 Å². The molecule has 0 atom stereocenters. The number of aromatic hydroxyl groups is 1. The topological polar surface area (TPSA) is 53.1 Å². The average molecular weight is 161 g/mol. The summed E-state index contributed by atoms with van der Waals surface area (Å²) in [5, 5.41) is 10.4. The average Bonchev–Trinajstić information content (AvgIpc) is 2.04. The van der Waals surface area contributed by atoms with E-state index in [-0.39, 0.29) is 11.3 Å². The zero-order chi connectivity index (χ0) is 8.55. The van der Waals surface area contributed by atoms with Crippen LogP contribution in [0.25, 0.3) is 10.8 Å². The summed E-state index contributed by atoms with van der Waals surface area (Å²) in [5.41, 5.74) is -0.259. The molecule has 0 amide bonds. The van der Waals surface area contributed by atoms with Gasteiger partial charge in [-0.05, 0) is 17.5 Å². The number of rotatable bonds is 0. The van der Waals surface area contributed by atoms with E-state index in [2.05, 4.69) is 4.98 Å². The van der Waals surface area contributed by atoms with E-state index in [1.165, 1.54) is 6.07 Å². The quantitative estimate of drug-likeness (QED) is 0.610. The van der Waals surface area contributed by atoms with E-state index >= 15 is 0 Å². The first kappa shape index (κ1) is 6.91. The number of aromatic nitrogens is 1. The number of phenols is 1. The summed E-state index contributed by atoms with van der Waals surface area (Å²) in [4.78, 5) is 13.7. The van der Waals surface area contributed by atoms with Crippen LogP contribution in [0.2, 0.25) is 0 Å². The molecular formula is C9H7NO2. The molecule has 0 unspecified atom stereocenters. The summed E-state index contributed by atoms with van der Waals surface area (Å²) in [6.45, 7) is 0. The van der Waals surface area contributed by atoms with Gasteiger partial charge in [0.25, 0.3) is 5.56 Å². The first-order chi connectivity index (χ1) is 5.79. The van der Waals surface area contributed by atoms with E-state index in [1.54, 1.807) is 24.4 Å². The van der Waals surface area contributed by atoms with Crippen LogP contribution in [0, 0.1) is 0 Å². The molecule has 3 nitrogen and oxygen atoms in total. The van der Waals surface area contributed by atoms with Crippen molar-refractivity contribution in [2.24, 2.45) is 0 Å². The van der Waals surface area contributed by atoms with Crippen LogP contribution in [0.15, 0.2) is 35.3 Å². The Morgan fingerprint density at radius 2 is 2.08 bits per heavy atom. The molecule has 0 fully saturated rings. The van der Waals surface area contributed by atoms with Gasteiger partial charge in [0.2, 0.25) is 0 Å². The maximum atomic E-state index is 11.2. The summed E-state index contributed by atoms with van der Waals surface area (Å²) in [7, 11) is 0. The third-order valence-electron chi connectivity index (χ3n) is 1.78. The van der Waals surface area contributed by atoms with E-state index in [9.17, 15) is 9.90 Å². The highest BCUT2D eigenvalue weighted by molar-refractivity contribution is 5.86. The number of hydrogen-bond donors (Lipinski definition) is 2. The second-order valence-corrected chi connectivity index (χ2v) is 2.55. The molecule has 0 radical (unpaired) electrons. The Kier molecular flexibility index (Phi) is 1.37. The van der Waals surface area contributed by atoms with Gasteiger partial charge in [0.05, 0.1) is 5.39 Å². The number of aromatic amines is 1. The smallest absolute Gasteiger partial charge is 0.259 e. The lowest BCUT2D eigenvalue weighted by Gasteiger charge is -1.97. The Labute approximate surface area is 68.3 Å². The number of hydrogen-bond acceptors (Lipinski definition) is 2. The van der Waals surface area contributed by atoms with Gasteiger partial charge < -0.3 is 10.1 Å². The highest BCUT2D eigenvalue weighted by Crippen LogP contribution is 2.18. The molecule has 2 N–H and O–H groups in total. The summed E-state index contributed by atoms with van der Waals surface area (Å²) < 4.78 is 0. The number of pyridine rings is 1. The van der Waals surface area contributed by atoms with Crippen molar-refractivity contribution in [1.29, 1.82) is 0 Å². The molecule has 0 aliphatic heterocycles. The summed E-state index contributed by atoms with van der Waals surface area (Å²) >= 11 is 0. The predicted octanol–water partition coefficient (Wildman–Crippen LogP) is 1.23. The number of fused-ring (bicyclic) bond motifs is 1. The third kappa shape index (κ3) is 0.871. The molecule has 1 aromatic carbocycles. The number of benzene rings is 1. The van der Waals surface area contributed by atoms with E-state index in [0.29, 0.717) is 5.39 Å². The molecule has 12 heavy (non-hydrogen) atoms. The van der Waals surface area contributed by atoms with Crippen LogP contribution in [-0.2, 0) is 0 Å². The Hall–Kier alpha value is -1.77. The van der Waals surface area contributed by atoms with Crippen LogP contribution in [0.3, 0.4) is 0 Å². The van der Waals surface area contributed by atoms with Gasteiger partial charge in [-0.1, -0.05) is 12.1 Å². The van der Waals surface area contributed by atoms with Gasteiger partial charge in [0.15, 0.2) is 0 Å². The second kappa shape index (κ2) is 2.37. The van der Waals surface area contributed by atoms with Crippen LogP contribution >= 0.6 is 0 Å². The van der Waals surface area contributed by atoms with Gasteiger partial charge in [-0.25, -0.2) is 0 Å². The van der Waals surface area contributed by atoms with E-state index < -0.39 is 0 Å². The van der Waals surface area contributed by atoms with E-state index in [1.807, 2.05) is 0 Å². The number of nitrogens with one attached hydrogen (secondary N) is 1. The fraction of sp³-hybridized carbons (Fsp3) is 0. The first-order valence-corrected chi connectivity index (χ1v) is 3.58. The minimum Gasteiger partial charge on any atom is -0.507 e. The molecule has 60 valence electrons. The van der Waals surface area contributed by atoms with Crippen molar-refractivity contribution in [3.63, 3.8) is 0 Å². The zero-order valence-electron chi connectivity index (χ0n) is 6.24. The summed E-state index contributed by atoms with van der Waals surface area (Å²) in [6, 6.07) is 6.73. The molecule has 0 bridgehead atoms. The Balaban J connectivity index is 3.07. The maximum Gasteiger partial charge on any atom is 0.259 e. The maximum absolute atomic E-state index is 11.2. The van der Waals surface area contributed by atoms with Crippen molar-refractivity contribution in [1.82, 2.24) is 4.98 Å². The standard InChI is InChI=1S/C9H7NO2/c11-7-3-1-2-6-4-5-10-9(12)8(6)7/h1-5,11H,(H,10,12). The molecule has 2 aromatic rings. The van der Waals surface area contributed by atoms with E-state index in [4.69, 9.17) is 0 Å². The Morgan fingerprint density at radius 1 is 1.25 bits per heavy atom. The SMILES string of the molecule is O=c1[nH]ccc2cccc(O)c12. The summed E-state index contributed by atoms with van der Waals surface area (Å²) in [6.07, 6.45) is 1.56. The van der Waals surface area contributed by atoms with Gasteiger partial charge in [-0.3, -0.25) is 4.79 Å². The van der Waals surface area contributed by atoms with Crippen LogP contribution in [0.1, 0.15) is 0 Å². The lowest BCUT2D eigenvalue weighted by molar-refractivity contribution is 0.481. The number of H-pyrrole nitrogens is 1. The second-order valence-electron chi connectivity index (χ2n) is 2.55. The highest BCUT2D eigenvalue weighted by Gasteiger charge is 2.01. The van der Waals surface area contributed by atoms with Crippen LogP contribution in [0.4, 0.5) is 0 Å². The minimum absolute atomic E-state index is 0.0225. The molecule has 3 heteroatoms. The van der Waals surface area contributed by atoms with Gasteiger partial charge in [-0.15, -0.1) is 0 Å². The van der Waals surface area contributed by atoms with Crippen molar-refractivity contribution in [2.75, 3.05) is 0 Å². The number of phenolic OH excluding ortho intramolecular Hbond substituents is 1. The molecule has 0 saturated carbocycles. The Morgan fingerprint density at radius 3 is 2.83 bits per heavy atom. The van der Waals surface area contributed by atoms with Crippen molar-refractivity contribution in [2.45, 2.75) is 0 Å². The predicted molar refractivity (Wildman–Crippen MR) is 46.2 cm³/mol. The van der Waals surface area contributed by atoms with Crippen molar-refractivity contribution >= 4 is 10.8 Å². The lowest BCUT2D eigenvalue weighted by atomic mass is 10.1. The van der Waals surface area contributed by atoms with Gasteiger partial charge in [0, 0.05) is 6.20 Å². The third-order valence-corrected chi connectivity index (χ3v) is 1.78. The molecule has 0 aliphatic rings. The first-order valence-electron chi connectivity index (χ1n) is 3.58.